The molecule has 0 spiro atoms. The zero-order valence-electron chi connectivity index (χ0n) is 23.5. The van der Waals surface area contributed by atoms with E-state index >= 15 is 0 Å². The molecule has 218 valence electrons. The maximum atomic E-state index is 12.8. The average Bonchev–Trinajstić information content (AvgIpc) is 3.18. The Balaban J connectivity index is 1.74. The number of cyclic esters (lactones) is 1. The number of carbonyl (C=O) groups is 3. The second-order valence-corrected chi connectivity index (χ2v) is 9.80. The summed E-state index contributed by atoms with van der Waals surface area (Å²) in [5.74, 6) is 0.153. The number of nitrogens with zero attached hydrogens (tertiary/aromatic N) is 2. The van der Waals surface area contributed by atoms with E-state index in [9.17, 15) is 14.4 Å². The van der Waals surface area contributed by atoms with E-state index in [4.69, 9.17) is 23.7 Å². The van der Waals surface area contributed by atoms with Gasteiger partial charge in [0.15, 0.2) is 11.5 Å². The molecule has 11 nitrogen and oxygen atoms in total. The standard InChI is InChI=1S/C28H43N3O8/c1-29-25(32)8-9-26(33)39-22-7-4-17-37-24-20-21(19-23(35-2)27(24)36-3)28(34)38-18-6-13-30-11-5-12-31(14-10-22)16-15-30/h19-20,22H,4-18H2,1-3H3,(H,29,32). The molecule has 1 saturated heterocycles. The van der Waals surface area contributed by atoms with Crippen molar-refractivity contribution in [1.82, 2.24) is 15.1 Å². The lowest BCUT2D eigenvalue weighted by atomic mass is 10.1. The van der Waals surface area contributed by atoms with Crippen LogP contribution in [0.1, 0.15) is 55.3 Å². The highest BCUT2D eigenvalue weighted by atomic mass is 16.5. The lowest BCUT2D eigenvalue weighted by Gasteiger charge is -2.24. The van der Waals surface area contributed by atoms with Crippen LogP contribution < -0.4 is 19.5 Å². The van der Waals surface area contributed by atoms with Crippen LogP contribution in [0.4, 0.5) is 0 Å². The number of carbonyl (C=O) groups excluding carboxylic acids is 3. The second-order valence-electron chi connectivity index (χ2n) is 9.80. The van der Waals surface area contributed by atoms with Gasteiger partial charge in [0.05, 0.1) is 39.4 Å². The minimum Gasteiger partial charge on any atom is -0.493 e. The summed E-state index contributed by atoms with van der Waals surface area (Å²) in [5, 5.41) is 2.53. The molecule has 3 atom stereocenters. The van der Waals surface area contributed by atoms with Crippen molar-refractivity contribution in [2.24, 2.45) is 0 Å². The van der Waals surface area contributed by atoms with E-state index in [0.717, 1.165) is 52.1 Å². The van der Waals surface area contributed by atoms with Crippen LogP contribution in [-0.4, -0.2) is 107 Å². The summed E-state index contributed by atoms with van der Waals surface area (Å²) >= 11 is 0. The molecule has 1 fully saturated rings. The lowest BCUT2D eigenvalue weighted by Crippen LogP contribution is -2.34. The molecule has 0 saturated carbocycles. The van der Waals surface area contributed by atoms with Crippen LogP contribution in [0.5, 0.6) is 17.2 Å². The van der Waals surface area contributed by atoms with Crippen molar-refractivity contribution in [2.45, 2.75) is 51.0 Å². The minimum absolute atomic E-state index is 0.0469. The van der Waals surface area contributed by atoms with Crippen LogP contribution in [0.25, 0.3) is 0 Å². The molecule has 1 aromatic rings. The fourth-order valence-corrected chi connectivity index (χ4v) is 4.83. The Bertz CT molecular complexity index is 957. The number of rotatable bonds is 6. The summed E-state index contributed by atoms with van der Waals surface area (Å²) in [5.41, 5.74) is 0.328. The summed E-state index contributed by atoms with van der Waals surface area (Å²) in [6, 6.07) is 3.20. The van der Waals surface area contributed by atoms with Gasteiger partial charge in [-0.2, -0.15) is 0 Å². The van der Waals surface area contributed by atoms with Crippen LogP contribution in [0, 0.1) is 0 Å². The van der Waals surface area contributed by atoms with Crippen LogP contribution in [0.2, 0.25) is 0 Å². The molecule has 11 heteroatoms. The Hall–Kier alpha value is -3.05. The molecule has 4 bridgehead atoms. The van der Waals surface area contributed by atoms with Gasteiger partial charge < -0.3 is 38.8 Å². The first-order chi connectivity index (χ1) is 18.9. The summed E-state index contributed by atoms with van der Waals surface area (Å²) in [4.78, 5) is 41.7. The molecule has 2 aliphatic heterocycles. The molecule has 1 amide bonds. The molecule has 0 aliphatic carbocycles. The predicted octanol–water partition coefficient (Wildman–Crippen LogP) is 2.26. The van der Waals surface area contributed by atoms with Gasteiger partial charge in [-0.1, -0.05) is 0 Å². The Kier molecular flexibility index (Phi) is 12.6. The number of esters is 2. The van der Waals surface area contributed by atoms with Gasteiger partial charge in [0.25, 0.3) is 0 Å². The van der Waals surface area contributed by atoms with Crippen LogP contribution in [0.15, 0.2) is 12.1 Å². The normalized spacial score (nSPS) is 23.1. The molecule has 1 aromatic carbocycles. The maximum Gasteiger partial charge on any atom is 0.338 e. The number of ether oxygens (including phenoxy) is 5. The maximum absolute atomic E-state index is 12.8. The van der Waals surface area contributed by atoms with E-state index in [2.05, 4.69) is 15.1 Å². The molecule has 39 heavy (non-hydrogen) atoms. The SMILES string of the molecule is CNC(=O)CCC(=O)OC1CCCOc2cc(cc(OC)c2OC)C(=O)OCCCN2CCCN(CC1)CC2. The average molecular weight is 550 g/mol. The summed E-state index contributed by atoms with van der Waals surface area (Å²) in [7, 11) is 4.57. The fourth-order valence-electron chi connectivity index (χ4n) is 4.83. The van der Waals surface area contributed by atoms with E-state index in [1.807, 2.05) is 0 Å². The van der Waals surface area contributed by atoms with Crippen molar-refractivity contribution < 1.29 is 38.1 Å². The van der Waals surface area contributed by atoms with Crippen molar-refractivity contribution in [3.05, 3.63) is 17.7 Å². The van der Waals surface area contributed by atoms with E-state index in [-0.39, 0.29) is 30.8 Å². The van der Waals surface area contributed by atoms with Gasteiger partial charge in [0, 0.05) is 39.6 Å². The number of hydrogen-bond acceptors (Lipinski definition) is 10. The van der Waals surface area contributed by atoms with Crippen LogP contribution >= 0.6 is 0 Å². The predicted molar refractivity (Wildman–Crippen MR) is 144 cm³/mol. The topological polar surface area (TPSA) is 116 Å². The molecule has 0 aromatic heterocycles. The van der Waals surface area contributed by atoms with E-state index in [1.165, 1.54) is 14.2 Å². The largest absolute Gasteiger partial charge is 0.493 e. The first-order valence-corrected chi connectivity index (χ1v) is 13.8. The van der Waals surface area contributed by atoms with E-state index < -0.39 is 5.97 Å². The third kappa shape index (κ3) is 9.89. The molecule has 3 rings (SSSR count). The number of benzene rings is 1. The van der Waals surface area contributed by atoms with E-state index in [1.54, 1.807) is 19.2 Å². The Morgan fingerprint density at radius 3 is 2.33 bits per heavy atom. The van der Waals surface area contributed by atoms with Gasteiger partial charge >= 0.3 is 11.9 Å². The molecule has 1 N–H and O–H groups in total. The Morgan fingerprint density at radius 1 is 0.897 bits per heavy atom. The summed E-state index contributed by atoms with van der Waals surface area (Å²) in [6.07, 6.45) is 3.59. The third-order valence-electron chi connectivity index (χ3n) is 7.04. The highest BCUT2D eigenvalue weighted by Crippen LogP contribution is 2.38. The number of nitrogens with one attached hydrogen (secondary N) is 1. The summed E-state index contributed by atoms with van der Waals surface area (Å²) in [6.45, 7) is 6.20. The van der Waals surface area contributed by atoms with Gasteiger partial charge in [-0.05, 0) is 57.3 Å². The van der Waals surface area contributed by atoms with Crippen molar-refractivity contribution in [3.63, 3.8) is 0 Å². The zero-order valence-corrected chi connectivity index (χ0v) is 23.5. The highest BCUT2D eigenvalue weighted by molar-refractivity contribution is 5.91. The lowest BCUT2D eigenvalue weighted by molar-refractivity contribution is -0.151. The molecular formula is C28H43N3O8. The smallest absolute Gasteiger partial charge is 0.338 e. The van der Waals surface area contributed by atoms with Crippen molar-refractivity contribution in [3.8, 4) is 17.2 Å². The first-order valence-electron chi connectivity index (χ1n) is 13.8. The van der Waals surface area contributed by atoms with Crippen molar-refractivity contribution in [2.75, 3.05) is 73.7 Å². The number of hydrogen-bond donors (Lipinski definition) is 1. The van der Waals surface area contributed by atoms with Gasteiger partial charge in [-0.3, -0.25) is 9.59 Å². The van der Waals surface area contributed by atoms with Gasteiger partial charge in [0.1, 0.15) is 6.10 Å². The van der Waals surface area contributed by atoms with Crippen LogP contribution in [-0.2, 0) is 19.1 Å². The highest BCUT2D eigenvalue weighted by Gasteiger charge is 2.22. The fraction of sp³-hybridized carbons (Fsp3) is 0.679. The first kappa shape index (κ1) is 30.5. The van der Waals surface area contributed by atoms with E-state index in [0.29, 0.717) is 55.3 Å². The molecule has 0 radical (unpaired) electrons. The minimum atomic E-state index is -0.440. The van der Waals surface area contributed by atoms with Gasteiger partial charge in [-0.25, -0.2) is 4.79 Å². The molecular weight excluding hydrogens is 506 g/mol. The van der Waals surface area contributed by atoms with Crippen LogP contribution in [0.3, 0.4) is 0 Å². The third-order valence-corrected chi connectivity index (χ3v) is 7.04. The summed E-state index contributed by atoms with van der Waals surface area (Å²) < 4.78 is 28.3. The van der Waals surface area contributed by atoms with Crippen molar-refractivity contribution in [1.29, 1.82) is 0 Å². The Morgan fingerprint density at radius 2 is 1.62 bits per heavy atom. The van der Waals surface area contributed by atoms with Gasteiger partial charge in [-0.15, -0.1) is 0 Å². The van der Waals surface area contributed by atoms with Crippen molar-refractivity contribution >= 4 is 17.8 Å². The molecule has 2 heterocycles. The number of amides is 1. The monoisotopic (exact) mass is 549 g/mol. The Labute approximate surface area is 231 Å². The molecule has 3 unspecified atom stereocenters. The second kappa shape index (κ2) is 16.1. The molecule has 2 aliphatic rings. The van der Waals surface area contributed by atoms with Gasteiger partial charge in [0.2, 0.25) is 11.7 Å². The zero-order chi connectivity index (χ0) is 28.0. The number of fused-ring (bicyclic) bond motifs is 5. The number of methoxy groups -OCH3 is 2. The quantitative estimate of drug-likeness (QED) is 0.530.